The van der Waals surface area contributed by atoms with Crippen LogP contribution in [-0.4, -0.2) is 50.6 Å². The van der Waals surface area contributed by atoms with Gasteiger partial charge in [0.2, 0.25) is 11.8 Å². The molecule has 3 aromatic rings. The maximum atomic E-state index is 13.9. The van der Waals surface area contributed by atoms with Gasteiger partial charge in [-0.25, -0.2) is 0 Å². The number of unbranched alkanes of at least 4 members (excludes halogenated alkanes) is 1. The topological polar surface area (TPSA) is 77.1 Å². The molecule has 0 saturated carbocycles. The molecule has 3 aromatic carbocycles. The van der Waals surface area contributed by atoms with E-state index in [1.54, 1.807) is 26.2 Å². The lowest BCUT2D eigenvalue weighted by Crippen LogP contribution is -2.50. The van der Waals surface area contributed by atoms with Crippen molar-refractivity contribution in [2.45, 2.75) is 51.6 Å². The first kappa shape index (κ1) is 29.6. The Kier molecular flexibility index (Phi) is 11.7. The second-order valence-electron chi connectivity index (χ2n) is 9.41. The summed E-state index contributed by atoms with van der Waals surface area (Å²) in [6.07, 6.45) is 3.02. The molecular formula is C32H40N2O5. The van der Waals surface area contributed by atoms with E-state index in [1.807, 2.05) is 72.8 Å². The zero-order chi connectivity index (χ0) is 28.0. The zero-order valence-electron chi connectivity index (χ0n) is 23.4. The van der Waals surface area contributed by atoms with Gasteiger partial charge in [0.1, 0.15) is 11.8 Å². The van der Waals surface area contributed by atoms with Crippen LogP contribution in [0.3, 0.4) is 0 Å². The Balaban J connectivity index is 1.90. The van der Waals surface area contributed by atoms with Crippen LogP contribution in [0, 0.1) is 0 Å². The molecular weight excluding hydrogens is 492 g/mol. The van der Waals surface area contributed by atoms with Crippen molar-refractivity contribution in [2.24, 2.45) is 0 Å². The highest BCUT2D eigenvalue weighted by Crippen LogP contribution is 2.28. The standard InChI is InChI=1S/C32H40N2O5/c1-5-6-19-33-32(36)28(21-24-11-8-7-9-12-24)34(23-26-13-10-14-27(20-26)37-2)31(35)18-16-25-15-17-29(38-3)30(22-25)39-4/h7-15,17,20,22,28H,5-6,16,18-19,21,23H2,1-4H3,(H,33,36)/t28-/m1/s1. The number of aryl methyl sites for hydroxylation is 1. The molecule has 0 radical (unpaired) electrons. The molecule has 7 nitrogen and oxygen atoms in total. The van der Waals surface area contributed by atoms with Crippen molar-refractivity contribution in [3.63, 3.8) is 0 Å². The van der Waals surface area contributed by atoms with Gasteiger partial charge in [0, 0.05) is 25.9 Å². The number of methoxy groups -OCH3 is 3. The van der Waals surface area contributed by atoms with Crippen molar-refractivity contribution < 1.29 is 23.8 Å². The molecule has 1 N–H and O–H groups in total. The summed E-state index contributed by atoms with van der Waals surface area (Å²) >= 11 is 0. The average molecular weight is 533 g/mol. The minimum atomic E-state index is -0.659. The van der Waals surface area contributed by atoms with Gasteiger partial charge in [0.15, 0.2) is 11.5 Å². The summed E-state index contributed by atoms with van der Waals surface area (Å²) in [4.78, 5) is 29.1. The molecule has 0 aromatic heterocycles. The van der Waals surface area contributed by atoms with Crippen LogP contribution in [0.1, 0.15) is 42.9 Å². The maximum Gasteiger partial charge on any atom is 0.243 e. The fourth-order valence-corrected chi connectivity index (χ4v) is 4.46. The number of nitrogens with zero attached hydrogens (tertiary/aromatic N) is 1. The molecule has 0 heterocycles. The van der Waals surface area contributed by atoms with Gasteiger partial charge in [-0.3, -0.25) is 9.59 Å². The van der Waals surface area contributed by atoms with Crippen LogP contribution in [0.4, 0.5) is 0 Å². The number of hydrogen-bond donors (Lipinski definition) is 1. The molecule has 7 heteroatoms. The second kappa shape index (κ2) is 15.4. The van der Waals surface area contributed by atoms with E-state index in [0.717, 1.165) is 29.5 Å². The predicted molar refractivity (Wildman–Crippen MR) is 153 cm³/mol. The largest absolute Gasteiger partial charge is 0.497 e. The van der Waals surface area contributed by atoms with E-state index in [1.165, 1.54) is 0 Å². The van der Waals surface area contributed by atoms with E-state index < -0.39 is 6.04 Å². The third-order valence-corrected chi connectivity index (χ3v) is 6.66. The van der Waals surface area contributed by atoms with E-state index in [0.29, 0.717) is 43.2 Å². The molecule has 39 heavy (non-hydrogen) atoms. The Labute approximate surface area is 232 Å². The van der Waals surface area contributed by atoms with Crippen LogP contribution in [0.2, 0.25) is 0 Å². The van der Waals surface area contributed by atoms with Gasteiger partial charge in [0.05, 0.1) is 21.3 Å². The molecule has 0 unspecified atom stereocenters. The van der Waals surface area contributed by atoms with E-state index in [-0.39, 0.29) is 18.2 Å². The number of amides is 2. The van der Waals surface area contributed by atoms with Crippen LogP contribution in [0.5, 0.6) is 17.2 Å². The average Bonchev–Trinajstić information content (AvgIpc) is 2.98. The number of ether oxygens (including phenoxy) is 3. The maximum absolute atomic E-state index is 13.9. The summed E-state index contributed by atoms with van der Waals surface area (Å²) in [5.41, 5.74) is 2.85. The van der Waals surface area contributed by atoms with E-state index in [9.17, 15) is 9.59 Å². The molecule has 0 aliphatic carbocycles. The molecule has 208 valence electrons. The molecule has 2 amide bonds. The Hall–Kier alpha value is -4.00. The van der Waals surface area contributed by atoms with Crippen molar-refractivity contribution in [1.82, 2.24) is 10.2 Å². The van der Waals surface area contributed by atoms with Crippen LogP contribution < -0.4 is 19.5 Å². The summed E-state index contributed by atoms with van der Waals surface area (Å²) < 4.78 is 16.2. The highest BCUT2D eigenvalue weighted by molar-refractivity contribution is 5.88. The van der Waals surface area contributed by atoms with Gasteiger partial charge >= 0.3 is 0 Å². The van der Waals surface area contributed by atoms with E-state index in [2.05, 4.69) is 12.2 Å². The van der Waals surface area contributed by atoms with Crippen molar-refractivity contribution >= 4 is 11.8 Å². The molecule has 0 saturated heterocycles. The van der Waals surface area contributed by atoms with Gasteiger partial charge in [-0.05, 0) is 53.8 Å². The van der Waals surface area contributed by atoms with Gasteiger partial charge in [0.25, 0.3) is 0 Å². The highest BCUT2D eigenvalue weighted by atomic mass is 16.5. The Morgan fingerprint density at radius 1 is 0.821 bits per heavy atom. The van der Waals surface area contributed by atoms with Crippen LogP contribution >= 0.6 is 0 Å². The summed E-state index contributed by atoms with van der Waals surface area (Å²) in [7, 11) is 4.80. The molecule has 3 rings (SSSR count). The molecule has 0 spiro atoms. The van der Waals surface area contributed by atoms with Crippen molar-refractivity contribution in [2.75, 3.05) is 27.9 Å². The number of nitrogens with one attached hydrogen (secondary N) is 1. The molecule has 0 bridgehead atoms. The predicted octanol–water partition coefficient (Wildman–Crippen LogP) is 5.20. The van der Waals surface area contributed by atoms with Gasteiger partial charge in [-0.2, -0.15) is 0 Å². The van der Waals surface area contributed by atoms with Crippen LogP contribution in [0.15, 0.2) is 72.8 Å². The Bertz CT molecular complexity index is 1200. The lowest BCUT2D eigenvalue weighted by molar-refractivity contribution is -0.141. The quantitative estimate of drug-likeness (QED) is 0.272. The number of hydrogen-bond acceptors (Lipinski definition) is 5. The monoisotopic (exact) mass is 532 g/mol. The van der Waals surface area contributed by atoms with Crippen LogP contribution in [-0.2, 0) is 29.0 Å². The summed E-state index contributed by atoms with van der Waals surface area (Å²) in [6, 6.07) is 22.4. The third kappa shape index (κ3) is 8.77. The number of carbonyl (C=O) groups excluding carboxylic acids is 2. The van der Waals surface area contributed by atoms with Crippen molar-refractivity contribution in [1.29, 1.82) is 0 Å². The van der Waals surface area contributed by atoms with Gasteiger partial charge in [-0.15, -0.1) is 0 Å². The Morgan fingerprint density at radius 2 is 1.56 bits per heavy atom. The second-order valence-corrected chi connectivity index (χ2v) is 9.41. The first-order valence-electron chi connectivity index (χ1n) is 13.4. The van der Waals surface area contributed by atoms with Gasteiger partial charge in [-0.1, -0.05) is 61.9 Å². The third-order valence-electron chi connectivity index (χ3n) is 6.66. The number of benzene rings is 3. The lowest BCUT2D eigenvalue weighted by atomic mass is 10.0. The summed E-state index contributed by atoms with van der Waals surface area (Å²) in [5.74, 6) is 1.72. The first-order valence-corrected chi connectivity index (χ1v) is 13.4. The normalized spacial score (nSPS) is 11.4. The number of rotatable bonds is 15. The Morgan fingerprint density at radius 3 is 2.26 bits per heavy atom. The first-order chi connectivity index (χ1) is 19.0. The van der Waals surface area contributed by atoms with Crippen molar-refractivity contribution in [3.05, 3.63) is 89.5 Å². The summed E-state index contributed by atoms with van der Waals surface area (Å²) in [6.45, 7) is 2.95. The fourth-order valence-electron chi connectivity index (χ4n) is 4.46. The molecule has 0 aliphatic rings. The van der Waals surface area contributed by atoms with E-state index in [4.69, 9.17) is 14.2 Å². The van der Waals surface area contributed by atoms with E-state index >= 15 is 0 Å². The molecule has 1 atom stereocenters. The minimum Gasteiger partial charge on any atom is -0.497 e. The van der Waals surface area contributed by atoms with Crippen LogP contribution in [0.25, 0.3) is 0 Å². The highest BCUT2D eigenvalue weighted by Gasteiger charge is 2.30. The minimum absolute atomic E-state index is 0.0980. The lowest BCUT2D eigenvalue weighted by Gasteiger charge is -2.32. The fraction of sp³-hybridized carbons (Fsp3) is 0.375. The van der Waals surface area contributed by atoms with Crippen molar-refractivity contribution in [3.8, 4) is 17.2 Å². The number of carbonyl (C=O) groups is 2. The summed E-state index contributed by atoms with van der Waals surface area (Å²) in [5, 5.41) is 3.06. The smallest absolute Gasteiger partial charge is 0.243 e. The molecule has 0 aliphatic heterocycles. The molecule has 0 fully saturated rings. The SMILES string of the molecule is CCCCNC(=O)[C@@H](Cc1ccccc1)N(Cc1cccc(OC)c1)C(=O)CCc1ccc(OC)c(OC)c1. The van der Waals surface area contributed by atoms with Gasteiger partial charge < -0.3 is 24.4 Å². The zero-order valence-corrected chi connectivity index (χ0v) is 23.4.